The van der Waals surface area contributed by atoms with Crippen LogP contribution in [0.25, 0.3) is 0 Å². The molecule has 20 heavy (non-hydrogen) atoms. The van der Waals surface area contributed by atoms with Crippen molar-refractivity contribution in [2.75, 3.05) is 43.9 Å². The number of aromatic nitrogens is 2. The fourth-order valence-electron chi connectivity index (χ4n) is 2.54. The highest BCUT2D eigenvalue weighted by Crippen LogP contribution is 2.24. The molecule has 1 fully saturated rings. The lowest BCUT2D eigenvalue weighted by Gasteiger charge is -2.45. The third-order valence-electron chi connectivity index (χ3n) is 4.13. The van der Waals surface area contributed by atoms with E-state index < -0.39 is 0 Å². The standard InChI is InChI=1S/C15H27N5/c1-6-7-12-17-13(16-4)10-14(18-12)20-9-8-19(5)15(2,3)11-20/h10H,6-9,11H2,1-5H3,(H,16,17,18). The molecule has 112 valence electrons. The Morgan fingerprint density at radius 1 is 1.30 bits per heavy atom. The Kier molecular flexibility index (Phi) is 4.48. The lowest BCUT2D eigenvalue weighted by molar-refractivity contribution is 0.138. The predicted octanol–water partition coefficient (Wildman–Crippen LogP) is 2.00. The van der Waals surface area contributed by atoms with Crippen LogP contribution in [0.1, 0.15) is 33.0 Å². The quantitative estimate of drug-likeness (QED) is 0.912. The summed E-state index contributed by atoms with van der Waals surface area (Å²) in [4.78, 5) is 14.1. The summed E-state index contributed by atoms with van der Waals surface area (Å²) < 4.78 is 0. The second kappa shape index (κ2) is 5.95. The van der Waals surface area contributed by atoms with Gasteiger partial charge >= 0.3 is 0 Å². The maximum atomic E-state index is 4.74. The van der Waals surface area contributed by atoms with Gasteiger partial charge in [0.1, 0.15) is 17.5 Å². The highest BCUT2D eigenvalue weighted by atomic mass is 15.3. The molecule has 0 saturated carbocycles. The average Bonchev–Trinajstić information content (AvgIpc) is 2.41. The fourth-order valence-corrected chi connectivity index (χ4v) is 2.54. The second-order valence-corrected chi connectivity index (χ2v) is 6.18. The number of likely N-dealkylation sites (N-methyl/N-ethyl adjacent to an activating group) is 1. The van der Waals surface area contributed by atoms with Crippen LogP contribution in [0.4, 0.5) is 11.6 Å². The summed E-state index contributed by atoms with van der Waals surface area (Å²) in [5.74, 6) is 2.90. The molecule has 0 radical (unpaired) electrons. The Balaban J connectivity index is 2.25. The van der Waals surface area contributed by atoms with Crippen molar-refractivity contribution in [1.82, 2.24) is 14.9 Å². The number of nitrogens with zero attached hydrogens (tertiary/aromatic N) is 4. The summed E-state index contributed by atoms with van der Waals surface area (Å²) in [7, 11) is 4.11. The van der Waals surface area contributed by atoms with Crippen LogP contribution in [0.15, 0.2) is 6.07 Å². The largest absolute Gasteiger partial charge is 0.373 e. The molecule has 5 heteroatoms. The number of hydrogen-bond acceptors (Lipinski definition) is 5. The Morgan fingerprint density at radius 2 is 2.05 bits per heavy atom. The van der Waals surface area contributed by atoms with Gasteiger partial charge in [-0.15, -0.1) is 0 Å². The minimum atomic E-state index is 0.175. The number of rotatable bonds is 4. The summed E-state index contributed by atoms with van der Waals surface area (Å²) in [5.41, 5.74) is 0.175. The molecular weight excluding hydrogens is 250 g/mol. The van der Waals surface area contributed by atoms with Gasteiger partial charge in [-0.3, -0.25) is 4.90 Å². The molecule has 2 rings (SSSR count). The molecule has 1 N–H and O–H groups in total. The van der Waals surface area contributed by atoms with Gasteiger partial charge in [0.15, 0.2) is 0 Å². The molecule has 1 saturated heterocycles. The van der Waals surface area contributed by atoms with Crippen molar-refractivity contribution in [3.05, 3.63) is 11.9 Å². The Morgan fingerprint density at radius 3 is 2.65 bits per heavy atom. The summed E-state index contributed by atoms with van der Waals surface area (Å²) >= 11 is 0. The van der Waals surface area contributed by atoms with Crippen LogP contribution in [0.2, 0.25) is 0 Å². The van der Waals surface area contributed by atoms with E-state index in [9.17, 15) is 0 Å². The number of nitrogens with one attached hydrogen (secondary N) is 1. The molecule has 0 bridgehead atoms. The smallest absolute Gasteiger partial charge is 0.134 e. The normalized spacial score (nSPS) is 19.1. The minimum absolute atomic E-state index is 0.175. The zero-order chi connectivity index (χ0) is 14.8. The SMILES string of the molecule is CCCc1nc(NC)cc(N2CCN(C)C(C)(C)C2)n1. The lowest BCUT2D eigenvalue weighted by Crippen LogP contribution is -2.57. The Hall–Kier alpha value is -1.36. The molecule has 1 aromatic heterocycles. The topological polar surface area (TPSA) is 44.3 Å². The first-order chi connectivity index (χ1) is 9.46. The Bertz CT molecular complexity index is 458. The Labute approximate surface area is 122 Å². The van der Waals surface area contributed by atoms with Gasteiger partial charge in [-0.05, 0) is 27.3 Å². The molecule has 1 aliphatic rings. The molecule has 5 nitrogen and oxygen atoms in total. The number of anilines is 2. The molecule has 0 amide bonds. The van der Waals surface area contributed by atoms with Crippen LogP contribution in [0.5, 0.6) is 0 Å². The number of aryl methyl sites for hydroxylation is 1. The van der Waals surface area contributed by atoms with E-state index in [0.29, 0.717) is 0 Å². The molecule has 2 heterocycles. The van der Waals surface area contributed by atoms with Crippen LogP contribution in [0.3, 0.4) is 0 Å². The van der Waals surface area contributed by atoms with Gasteiger partial charge in [0.05, 0.1) is 0 Å². The maximum absolute atomic E-state index is 4.74. The van der Waals surface area contributed by atoms with Gasteiger partial charge in [0.25, 0.3) is 0 Å². The van der Waals surface area contributed by atoms with E-state index in [2.05, 4.69) is 54.0 Å². The van der Waals surface area contributed by atoms with Crippen LogP contribution in [-0.4, -0.2) is 54.1 Å². The molecule has 0 unspecified atom stereocenters. The van der Waals surface area contributed by atoms with Crippen molar-refractivity contribution in [3.8, 4) is 0 Å². The first-order valence-corrected chi connectivity index (χ1v) is 7.48. The zero-order valence-electron chi connectivity index (χ0n) is 13.4. The second-order valence-electron chi connectivity index (χ2n) is 6.18. The summed E-state index contributed by atoms with van der Waals surface area (Å²) in [6.07, 6.45) is 2.00. The van der Waals surface area contributed by atoms with Crippen LogP contribution in [-0.2, 0) is 6.42 Å². The van der Waals surface area contributed by atoms with Crippen molar-refractivity contribution in [2.24, 2.45) is 0 Å². The lowest BCUT2D eigenvalue weighted by atomic mass is 10.00. The zero-order valence-corrected chi connectivity index (χ0v) is 13.4. The molecular formula is C15H27N5. The average molecular weight is 277 g/mol. The monoisotopic (exact) mass is 277 g/mol. The third-order valence-corrected chi connectivity index (χ3v) is 4.13. The molecule has 0 atom stereocenters. The summed E-state index contributed by atoms with van der Waals surface area (Å²) in [5, 5.41) is 3.15. The molecule has 0 aromatic carbocycles. The van der Waals surface area contributed by atoms with Gasteiger partial charge in [-0.25, -0.2) is 9.97 Å². The van der Waals surface area contributed by atoms with Gasteiger partial charge in [-0.2, -0.15) is 0 Å². The molecule has 1 aliphatic heterocycles. The van der Waals surface area contributed by atoms with Crippen LogP contribution >= 0.6 is 0 Å². The van der Waals surface area contributed by atoms with E-state index >= 15 is 0 Å². The third kappa shape index (κ3) is 3.20. The van der Waals surface area contributed by atoms with Crippen molar-refractivity contribution in [3.63, 3.8) is 0 Å². The fraction of sp³-hybridized carbons (Fsp3) is 0.733. The molecule has 0 spiro atoms. The van der Waals surface area contributed by atoms with Gasteiger partial charge in [0.2, 0.25) is 0 Å². The summed E-state index contributed by atoms with van der Waals surface area (Å²) in [6.45, 7) is 9.81. The van der Waals surface area contributed by atoms with Crippen molar-refractivity contribution in [2.45, 2.75) is 39.2 Å². The van der Waals surface area contributed by atoms with E-state index in [1.165, 1.54) is 0 Å². The van der Waals surface area contributed by atoms with E-state index in [0.717, 1.165) is 49.9 Å². The highest BCUT2D eigenvalue weighted by Gasteiger charge is 2.31. The molecule has 0 aliphatic carbocycles. The van der Waals surface area contributed by atoms with Crippen LogP contribution in [0, 0.1) is 0 Å². The summed E-state index contributed by atoms with van der Waals surface area (Å²) in [6, 6.07) is 2.06. The number of hydrogen-bond donors (Lipinski definition) is 1. The van der Waals surface area contributed by atoms with E-state index in [4.69, 9.17) is 4.98 Å². The number of piperazine rings is 1. The van der Waals surface area contributed by atoms with E-state index in [1.54, 1.807) is 0 Å². The first-order valence-electron chi connectivity index (χ1n) is 7.48. The van der Waals surface area contributed by atoms with Crippen molar-refractivity contribution >= 4 is 11.6 Å². The van der Waals surface area contributed by atoms with Gasteiger partial charge < -0.3 is 10.2 Å². The minimum Gasteiger partial charge on any atom is -0.373 e. The maximum Gasteiger partial charge on any atom is 0.134 e. The molecule has 1 aromatic rings. The van der Waals surface area contributed by atoms with Gasteiger partial charge in [-0.1, -0.05) is 6.92 Å². The predicted molar refractivity (Wildman–Crippen MR) is 84.5 cm³/mol. The van der Waals surface area contributed by atoms with Crippen molar-refractivity contribution in [1.29, 1.82) is 0 Å². The van der Waals surface area contributed by atoms with Gasteiger partial charge in [0, 0.05) is 44.7 Å². The van der Waals surface area contributed by atoms with E-state index in [1.807, 2.05) is 7.05 Å². The first kappa shape index (κ1) is 15.0. The van der Waals surface area contributed by atoms with Crippen molar-refractivity contribution < 1.29 is 0 Å². The van der Waals surface area contributed by atoms with E-state index in [-0.39, 0.29) is 5.54 Å². The van der Waals surface area contributed by atoms with Crippen LogP contribution < -0.4 is 10.2 Å². The highest BCUT2D eigenvalue weighted by molar-refractivity contribution is 5.50.